The average Bonchev–Trinajstić information content (AvgIpc) is 2.87. The lowest BCUT2D eigenvalue weighted by atomic mass is 10.0. The van der Waals surface area contributed by atoms with Crippen molar-refractivity contribution < 1.29 is 37.3 Å². The number of nitrogens with zero attached hydrogens (tertiary/aromatic N) is 3. The molecular formula is C28H44F3N3O5. The Kier molecular flexibility index (Phi) is 12.4. The molecule has 0 fully saturated rings. The first kappa shape index (κ1) is 32.7. The number of ether oxygens (including phenoxy) is 2. The Bertz CT molecular complexity index is 944. The van der Waals surface area contributed by atoms with Crippen molar-refractivity contribution >= 4 is 17.5 Å². The first-order chi connectivity index (χ1) is 18.2. The molecule has 0 radical (unpaired) electrons. The third-order valence-corrected chi connectivity index (χ3v) is 7.05. The molecule has 222 valence electrons. The van der Waals surface area contributed by atoms with Crippen LogP contribution < -0.4 is 9.64 Å². The molecule has 0 spiro atoms. The van der Waals surface area contributed by atoms with Crippen LogP contribution in [0.2, 0.25) is 0 Å². The molecule has 1 aromatic rings. The molecule has 0 bridgehead atoms. The Morgan fingerprint density at radius 1 is 1.21 bits per heavy atom. The highest BCUT2D eigenvalue weighted by Crippen LogP contribution is 2.29. The maximum atomic E-state index is 14.0. The number of hydrogen-bond acceptors (Lipinski definition) is 6. The van der Waals surface area contributed by atoms with E-state index in [1.807, 2.05) is 38.9 Å². The Morgan fingerprint density at radius 2 is 1.90 bits per heavy atom. The maximum absolute atomic E-state index is 14.0. The van der Waals surface area contributed by atoms with Gasteiger partial charge in [0, 0.05) is 58.9 Å². The van der Waals surface area contributed by atoms with Crippen LogP contribution in [-0.4, -0.2) is 98.6 Å². The lowest BCUT2D eigenvalue weighted by Gasteiger charge is -2.36. The van der Waals surface area contributed by atoms with Gasteiger partial charge in [0.05, 0.1) is 36.8 Å². The van der Waals surface area contributed by atoms with E-state index < -0.39 is 37.1 Å². The summed E-state index contributed by atoms with van der Waals surface area (Å²) in [6.45, 7) is 6.00. The Balaban J connectivity index is 2.38. The van der Waals surface area contributed by atoms with Gasteiger partial charge in [0.15, 0.2) is 0 Å². The van der Waals surface area contributed by atoms with Gasteiger partial charge in [0.2, 0.25) is 5.91 Å². The van der Waals surface area contributed by atoms with E-state index in [2.05, 4.69) is 0 Å². The van der Waals surface area contributed by atoms with Crippen LogP contribution in [0.1, 0.15) is 63.2 Å². The van der Waals surface area contributed by atoms with E-state index >= 15 is 0 Å². The zero-order chi connectivity index (χ0) is 29.3. The summed E-state index contributed by atoms with van der Waals surface area (Å²) in [7, 11) is 5.23. The lowest BCUT2D eigenvalue weighted by Crippen LogP contribution is -2.48. The number of anilines is 1. The second-order valence-corrected chi connectivity index (χ2v) is 10.8. The molecular weight excluding hydrogens is 515 g/mol. The fraction of sp³-hybridized carbons (Fsp3) is 0.714. The molecule has 0 saturated heterocycles. The van der Waals surface area contributed by atoms with Crippen LogP contribution in [0.25, 0.3) is 0 Å². The highest BCUT2D eigenvalue weighted by molar-refractivity contribution is 5.98. The van der Waals surface area contributed by atoms with E-state index in [4.69, 9.17) is 9.47 Å². The zero-order valence-corrected chi connectivity index (χ0v) is 24.0. The van der Waals surface area contributed by atoms with Crippen LogP contribution in [-0.2, 0) is 9.53 Å². The first-order valence-corrected chi connectivity index (χ1v) is 13.6. The number of halogens is 3. The van der Waals surface area contributed by atoms with Crippen LogP contribution in [0.5, 0.6) is 5.75 Å². The second-order valence-electron chi connectivity index (χ2n) is 10.8. The molecule has 39 heavy (non-hydrogen) atoms. The number of carbonyl (C=O) groups is 2. The molecule has 1 aliphatic rings. The normalized spacial score (nSPS) is 22.4. The zero-order valence-electron chi connectivity index (χ0n) is 24.0. The number of likely N-dealkylation sites (N-methyl/N-ethyl adjacent to an activating group) is 1. The van der Waals surface area contributed by atoms with E-state index in [-0.39, 0.29) is 37.6 Å². The van der Waals surface area contributed by atoms with Crippen molar-refractivity contribution in [2.24, 2.45) is 5.92 Å². The number of benzene rings is 1. The van der Waals surface area contributed by atoms with Gasteiger partial charge in [-0.2, -0.15) is 13.2 Å². The van der Waals surface area contributed by atoms with Gasteiger partial charge < -0.3 is 29.3 Å². The van der Waals surface area contributed by atoms with E-state index in [1.165, 1.54) is 11.9 Å². The van der Waals surface area contributed by atoms with E-state index in [0.29, 0.717) is 17.9 Å². The number of carbonyl (C=O) groups excluding carboxylic acids is 2. The minimum atomic E-state index is -4.41. The monoisotopic (exact) mass is 559 g/mol. The lowest BCUT2D eigenvalue weighted by molar-refractivity contribution is -0.149. The molecule has 1 heterocycles. The van der Waals surface area contributed by atoms with Gasteiger partial charge in [-0.05, 0) is 51.3 Å². The molecule has 11 heteroatoms. The van der Waals surface area contributed by atoms with Gasteiger partial charge in [0.25, 0.3) is 5.91 Å². The van der Waals surface area contributed by atoms with Crippen LogP contribution in [0, 0.1) is 5.92 Å². The fourth-order valence-corrected chi connectivity index (χ4v) is 4.46. The molecule has 2 amide bonds. The van der Waals surface area contributed by atoms with Crippen molar-refractivity contribution in [3.63, 3.8) is 0 Å². The molecule has 1 aromatic carbocycles. The first-order valence-electron chi connectivity index (χ1n) is 13.6. The summed E-state index contributed by atoms with van der Waals surface area (Å²) in [6, 6.07) is 4.94. The summed E-state index contributed by atoms with van der Waals surface area (Å²) in [4.78, 5) is 31.1. The van der Waals surface area contributed by atoms with Crippen LogP contribution in [0.15, 0.2) is 18.2 Å². The third kappa shape index (κ3) is 10.2. The van der Waals surface area contributed by atoms with Crippen LogP contribution >= 0.6 is 0 Å². The second kappa shape index (κ2) is 14.7. The van der Waals surface area contributed by atoms with Gasteiger partial charge in [-0.3, -0.25) is 9.59 Å². The minimum absolute atomic E-state index is 0.0915. The SMILES string of the molecule is C[C@@H]1CCCCO[C@@H](CN(C)C(=O)CCC(F)(F)F)[C@H](C)CN([C@@H](C)CO)C(=O)c2cc(N(C)C)ccc2O1. The van der Waals surface area contributed by atoms with E-state index in [9.17, 15) is 27.9 Å². The van der Waals surface area contributed by atoms with Crippen molar-refractivity contribution in [3.05, 3.63) is 23.8 Å². The van der Waals surface area contributed by atoms with Crippen molar-refractivity contribution in [2.45, 2.75) is 77.3 Å². The highest BCUT2D eigenvalue weighted by atomic mass is 19.4. The molecule has 0 aliphatic carbocycles. The predicted molar refractivity (Wildman–Crippen MR) is 144 cm³/mol. The number of hydrogen-bond donors (Lipinski definition) is 1. The summed E-state index contributed by atoms with van der Waals surface area (Å²) in [5.41, 5.74) is 1.21. The number of aliphatic hydroxyl groups excluding tert-OH is 1. The number of aliphatic hydroxyl groups is 1. The van der Waals surface area contributed by atoms with Crippen molar-refractivity contribution in [3.8, 4) is 5.75 Å². The Labute approximate surface area is 230 Å². The number of rotatable bonds is 7. The Morgan fingerprint density at radius 3 is 2.51 bits per heavy atom. The minimum Gasteiger partial charge on any atom is -0.490 e. The molecule has 1 aliphatic heterocycles. The third-order valence-electron chi connectivity index (χ3n) is 7.05. The molecule has 0 aromatic heterocycles. The number of fused-ring (bicyclic) bond motifs is 1. The summed E-state index contributed by atoms with van der Waals surface area (Å²) in [6.07, 6.45) is -4.59. The average molecular weight is 560 g/mol. The molecule has 0 saturated carbocycles. The summed E-state index contributed by atoms with van der Waals surface area (Å²) >= 11 is 0. The summed E-state index contributed by atoms with van der Waals surface area (Å²) in [5.74, 6) is -0.736. The maximum Gasteiger partial charge on any atom is 0.389 e. The van der Waals surface area contributed by atoms with E-state index in [0.717, 1.165) is 24.9 Å². The Hall–Kier alpha value is -2.53. The van der Waals surface area contributed by atoms with Gasteiger partial charge >= 0.3 is 6.18 Å². The predicted octanol–water partition coefficient (Wildman–Crippen LogP) is 4.35. The summed E-state index contributed by atoms with van der Waals surface area (Å²) in [5, 5.41) is 9.99. The molecule has 8 nitrogen and oxygen atoms in total. The molecule has 4 atom stereocenters. The van der Waals surface area contributed by atoms with Gasteiger partial charge in [-0.1, -0.05) is 6.92 Å². The topological polar surface area (TPSA) is 82.6 Å². The largest absolute Gasteiger partial charge is 0.490 e. The molecule has 1 N–H and O–H groups in total. The molecule has 0 unspecified atom stereocenters. The highest BCUT2D eigenvalue weighted by Gasteiger charge is 2.32. The summed E-state index contributed by atoms with van der Waals surface area (Å²) < 4.78 is 50.3. The smallest absolute Gasteiger partial charge is 0.389 e. The molecule has 2 rings (SSSR count). The standard InChI is InChI=1S/C28H44F3N3O5/c1-19-16-34(20(2)18-35)27(37)23-15-22(32(4)5)10-11-24(23)39-21(3)9-7-8-14-38-25(19)17-33(6)26(36)12-13-28(29,30)31/h10-11,15,19-21,25,35H,7-9,12-14,16-18H2,1-6H3/t19-,20+,21-,25+/m1/s1. The van der Waals surface area contributed by atoms with Crippen molar-refractivity contribution in [1.82, 2.24) is 9.80 Å². The van der Waals surface area contributed by atoms with Gasteiger partial charge in [-0.25, -0.2) is 0 Å². The van der Waals surface area contributed by atoms with Crippen LogP contribution in [0.3, 0.4) is 0 Å². The fourth-order valence-electron chi connectivity index (χ4n) is 4.46. The quantitative estimate of drug-likeness (QED) is 0.535. The van der Waals surface area contributed by atoms with Crippen molar-refractivity contribution in [2.75, 3.05) is 52.3 Å². The van der Waals surface area contributed by atoms with Crippen molar-refractivity contribution in [1.29, 1.82) is 0 Å². The van der Waals surface area contributed by atoms with E-state index in [1.54, 1.807) is 24.0 Å². The van der Waals surface area contributed by atoms with Crippen LogP contribution in [0.4, 0.5) is 18.9 Å². The van der Waals surface area contributed by atoms with Gasteiger partial charge in [0.1, 0.15) is 5.75 Å². The van der Waals surface area contributed by atoms with Gasteiger partial charge in [-0.15, -0.1) is 0 Å². The number of amides is 2. The number of alkyl halides is 3.